The molecule has 1 unspecified atom stereocenters. The van der Waals surface area contributed by atoms with Gasteiger partial charge in [-0.2, -0.15) is 0 Å². The zero-order valence-electron chi connectivity index (χ0n) is 12.6. The van der Waals surface area contributed by atoms with E-state index in [1.807, 2.05) is 18.2 Å². The van der Waals surface area contributed by atoms with E-state index in [1.54, 1.807) is 17.9 Å². The average Bonchev–Trinajstić information content (AvgIpc) is 2.53. The topological polar surface area (TPSA) is 55.8 Å². The van der Waals surface area contributed by atoms with Gasteiger partial charge >= 0.3 is 5.97 Å². The van der Waals surface area contributed by atoms with Gasteiger partial charge in [0.2, 0.25) is 0 Å². The minimum atomic E-state index is -0.219. The number of rotatable bonds is 5. The summed E-state index contributed by atoms with van der Waals surface area (Å²) in [6.45, 7) is 3.22. The molecule has 1 aliphatic heterocycles. The van der Waals surface area contributed by atoms with Crippen LogP contribution in [-0.4, -0.2) is 43.1 Å². The lowest BCUT2D eigenvalue weighted by Crippen LogP contribution is -2.44. The summed E-state index contributed by atoms with van der Waals surface area (Å²) in [5, 5.41) is 0. The fourth-order valence-electron chi connectivity index (χ4n) is 2.45. The smallest absolute Gasteiger partial charge is 0.310 e. The summed E-state index contributed by atoms with van der Waals surface area (Å²) in [4.78, 5) is 25.7. The Kier molecular flexibility index (Phi) is 6.24. The zero-order chi connectivity index (χ0) is 15.9. The number of likely N-dealkylation sites (tertiary alicyclic amines) is 1. The molecule has 6 heteroatoms. The van der Waals surface area contributed by atoms with Crippen LogP contribution < -0.4 is 4.74 Å². The molecule has 0 spiro atoms. The Morgan fingerprint density at radius 3 is 2.95 bits per heavy atom. The van der Waals surface area contributed by atoms with Gasteiger partial charge in [-0.15, -0.1) is 0 Å². The second kappa shape index (κ2) is 8.17. The molecule has 0 aromatic heterocycles. The van der Waals surface area contributed by atoms with Gasteiger partial charge in [0.15, 0.2) is 6.61 Å². The fourth-order valence-corrected chi connectivity index (χ4v) is 2.83. The zero-order valence-corrected chi connectivity index (χ0v) is 14.2. The first-order valence-corrected chi connectivity index (χ1v) is 8.22. The van der Waals surface area contributed by atoms with Crippen LogP contribution in [0.3, 0.4) is 0 Å². The molecule has 1 atom stereocenters. The lowest BCUT2D eigenvalue weighted by Gasteiger charge is -2.31. The average molecular weight is 370 g/mol. The minimum absolute atomic E-state index is 0.0218. The number of ether oxygens (including phenoxy) is 2. The van der Waals surface area contributed by atoms with Crippen LogP contribution in [-0.2, 0) is 14.3 Å². The first-order valence-electron chi connectivity index (χ1n) is 7.43. The number of benzene rings is 1. The molecule has 120 valence electrons. The summed E-state index contributed by atoms with van der Waals surface area (Å²) < 4.78 is 11.4. The largest absolute Gasteiger partial charge is 0.484 e. The van der Waals surface area contributed by atoms with Gasteiger partial charge in [0.05, 0.1) is 12.5 Å². The van der Waals surface area contributed by atoms with E-state index in [1.165, 1.54) is 0 Å². The van der Waals surface area contributed by atoms with E-state index in [2.05, 4.69) is 15.9 Å². The number of carbonyl (C=O) groups is 2. The number of nitrogens with zero attached hydrogens (tertiary/aromatic N) is 1. The van der Waals surface area contributed by atoms with Crippen molar-refractivity contribution >= 4 is 27.8 Å². The molecular formula is C16H20BrNO4. The number of carbonyl (C=O) groups excluding carboxylic acids is 2. The number of hydrogen-bond donors (Lipinski definition) is 0. The van der Waals surface area contributed by atoms with Crippen molar-refractivity contribution in [3.63, 3.8) is 0 Å². The van der Waals surface area contributed by atoms with Gasteiger partial charge in [-0.25, -0.2) is 0 Å². The standard InChI is InChI=1S/C16H20BrNO4/c1-2-21-16(20)12-5-4-8-18(10-12)15(19)11-22-14-7-3-6-13(17)9-14/h3,6-7,9,12H,2,4-5,8,10-11H2,1H3. The van der Waals surface area contributed by atoms with E-state index in [9.17, 15) is 9.59 Å². The van der Waals surface area contributed by atoms with Crippen molar-refractivity contribution in [2.24, 2.45) is 5.92 Å². The molecule has 1 saturated heterocycles. The Bertz CT molecular complexity index is 535. The Labute approximate surface area is 138 Å². The molecular weight excluding hydrogens is 350 g/mol. The predicted octanol–water partition coefficient (Wildman–Crippen LogP) is 2.63. The highest BCUT2D eigenvalue weighted by molar-refractivity contribution is 9.10. The number of piperidine rings is 1. The van der Waals surface area contributed by atoms with E-state index >= 15 is 0 Å². The quantitative estimate of drug-likeness (QED) is 0.748. The molecule has 2 rings (SSSR count). The van der Waals surface area contributed by atoms with E-state index in [0.717, 1.165) is 17.3 Å². The first-order chi connectivity index (χ1) is 10.6. The molecule has 0 aliphatic carbocycles. The Morgan fingerprint density at radius 2 is 2.23 bits per heavy atom. The molecule has 1 aliphatic rings. The SMILES string of the molecule is CCOC(=O)C1CCCN(C(=O)COc2cccc(Br)c2)C1. The van der Waals surface area contributed by atoms with Crippen LogP contribution in [0.25, 0.3) is 0 Å². The van der Waals surface area contributed by atoms with Gasteiger partial charge in [0.25, 0.3) is 5.91 Å². The van der Waals surface area contributed by atoms with Crippen LogP contribution in [0.2, 0.25) is 0 Å². The Hall–Kier alpha value is -1.56. The van der Waals surface area contributed by atoms with E-state index in [-0.39, 0.29) is 24.4 Å². The normalized spacial score (nSPS) is 17.9. The lowest BCUT2D eigenvalue weighted by atomic mass is 9.98. The van der Waals surface area contributed by atoms with E-state index < -0.39 is 0 Å². The summed E-state index contributed by atoms with van der Waals surface area (Å²) in [5.74, 6) is 0.104. The van der Waals surface area contributed by atoms with Crippen molar-refractivity contribution < 1.29 is 19.1 Å². The van der Waals surface area contributed by atoms with Gasteiger partial charge in [0, 0.05) is 17.6 Å². The van der Waals surface area contributed by atoms with Crippen molar-refractivity contribution in [3.8, 4) is 5.75 Å². The van der Waals surface area contributed by atoms with Gasteiger partial charge < -0.3 is 14.4 Å². The molecule has 0 bridgehead atoms. The van der Waals surface area contributed by atoms with Crippen molar-refractivity contribution in [1.29, 1.82) is 0 Å². The number of amides is 1. The monoisotopic (exact) mass is 369 g/mol. The fraction of sp³-hybridized carbons (Fsp3) is 0.500. The molecule has 5 nitrogen and oxygen atoms in total. The summed E-state index contributed by atoms with van der Waals surface area (Å²) >= 11 is 3.36. The number of halogens is 1. The molecule has 1 amide bonds. The summed E-state index contributed by atoms with van der Waals surface area (Å²) in [5.41, 5.74) is 0. The maximum absolute atomic E-state index is 12.2. The maximum Gasteiger partial charge on any atom is 0.310 e. The van der Waals surface area contributed by atoms with Crippen LogP contribution in [0.4, 0.5) is 0 Å². The predicted molar refractivity (Wildman–Crippen MR) is 85.6 cm³/mol. The van der Waals surface area contributed by atoms with Crippen molar-refractivity contribution in [2.45, 2.75) is 19.8 Å². The highest BCUT2D eigenvalue weighted by Gasteiger charge is 2.29. The van der Waals surface area contributed by atoms with Crippen LogP contribution in [0.15, 0.2) is 28.7 Å². The molecule has 22 heavy (non-hydrogen) atoms. The van der Waals surface area contributed by atoms with Crippen LogP contribution >= 0.6 is 15.9 Å². The molecule has 0 saturated carbocycles. The third-order valence-corrected chi connectivity index (χ3v) is 4.05. The molecule has 1 heterocycles. The second-order valence-corrected chi connectivity index (χ2v) is 6.09. The van der Waals surface area contributed by atoms with Crippen molar-refractivity contribution in [3.05, 3.63) is 28.7 Å². The number of hydrogen-bond acceptors (Lipinski definition) is 4. The van der Waals surface area contributed by atoms with Crippen molar-refractivity contribution in [1.82, 2.24) is 4.90 Å². The van der Waals surface area contributed by atoms with Gasteiger partial charge in [-0.1, -0.05) is 22.0 Å². The van der Waals surface area contributed by atoms with Gasteiger partial charge in [-0.05, 0) is 38.0 Å². The highest BCUT2D eigenvalue weighted by atomic mass is 79.9. The third-order valence-electron chi connectivity index (χ3n) is 3.55. The summed E-state index contributed by atoms with van der Waals surface area (Å²) in [7, 11) is 0. The Balaban J connectivity index is 1.85. The van der Waals surface area contributed by atoms with Crippen LogP contribution in [0.1, 0.15) is 19.8 Å². The summed E-state index contributed by atoms with van der Waals surface area (Å²) in [6, 6.07) is 7.35. The minimum Gasteiger partial charge on any atom is -0.484 e. The highest BCUT2D eigenvalue weighted by Crippen LogP contribution is 2.20. The summed E-state index contributed by atoms with van der Waals surface area (Å²) in [6.07, 6.45) is 1.58. The molecule has 1 fully saturated rings. The molecule has 1 aromatic rings. The number of esters is 1. The maximum atomic E-state index is 12.2. The van der Waals surface area contributed by atoms with Crippen LogP contribution in [0, 0.1) is 5.92 Å². The molecule has 0 N–H and O–H groups in total. The third kappa shape index (κ3) is 4.73. The first kappa shape index (κ1) is 16.8. The van der Waals surface area contributed by atoms with Crippen molar-refractivity contribution in [2.75, 3.05) is 26.3 Å². The lowest BCUT2D eigenvalue weighted by molar-refractivity contribution is -0.151. The van der Waals surface area contributed by atoms with E-state index in [0.29, 0.717) is 25.4 Å². The second-order valence-electron chi connectivity index (χ2n) is 5.18. The molecule has 0 radical (unpaired) electrons. The molecule has 1 aromatic carbocycles. The van der Waals surface area contributed by atoms with Crippen LogP contribution in [0.5, 0.6) is 5.75 Å². The van der Waals surface area contributed by atoms with Gasteiger partial charge in [0.1, 0.15) is 5.75 Å². The van der Waals surface area contributed by atoms with Gasteiger partial charge in [-0.3, -0.25) is 9.59 Å². The van der Waals surface area contributed by atoms with E-state index in [4.69, 9.17) is 9.47 Å². The Morgan fingerprint density at radius 1 is 1.41 bits per heavy atom.